The van der Waals surface area contributed by atoms with Gasteiger partial charge in [0.05, 0.1) is 17.6 Å². The fourth-order valence-corrected chi connectivity index (χ4v) is 11.3. The first kappa shape index (κ1) is 24.4. The van der Waals surface area contributed by atoms with Crippen LogP contribution >= 0.6 is 0 Å². The molecule has 7 rings (SSSR count). The lowest BCUT2D eigenvalue weighted by molar-refractivity contribution is -0.250. The smallest absolute Gasteiger partial charge is 0.316 e. The molecule has 5 heteroatoms. The molecule has 0 aromatic heterocycles. The van der Waals surface area contributed by atoms with E-state index >= 15 is 0 Å². The van der Waals surface area contributed by atoms with Crippen LogP contribution in [-0.4, -0.2) is 44.7 Å². The summed E-state index contributed by atoms with van der Waals surface area (Å²) in [5, 5.41) is 35.0. The molecule has 0 aromatic carbocycles. The van der Waals surface area contributed by atoms with Crippen LogP contribution < -0.4 is 0 Å². The summed E-state index contributed by atoms with van der Waals surface area (Å²) in [6.45, 7) is 15.3. The molecule has 2 bridgehead atoms. The van der Waals surface area contributed by atoms with E-state index in [2.05, 4.69) is 34.6 Å². The summed E-state index contributed by atoms with van der Waals surface area (Å²) < 4.78 is 5.93. The van der Waals surface area contributed by atoms with Crippen LogP contribution in [0.25, 0.3) is 0 Å². The van der Waals surface area contributed by atoms with Gasteiger partial charge in [0.1, 0.15) is 11.2 Å². The average molecular weight is 487 g/mol. The Balaban J connectivity index is 1.54. The molecule has 2 heterocycles. The fourth-order valence-electron chi connectivity index (χ4n) is 11.3. The predicted molar refractivity (Wildman–Crippen MR) is 133 cm³/mol. The van der Waals surface area contributed by atoms with Crippen molar-refractivity contribution in [3.8, 4) is 0 Å². The number of rotatable bonds is 0. The normalized spacial score (nSPS) is 58.6. The van der Waals surface area contributed by atoms with Crippen molar-refractivity contribution in [1.82, 2.24) is 0 Å². The van der Waals surface area contributed by atoms with E-state index in [-0.39, 0.29) is 39.7 Å². The highest BCUT2D eigenvalue weighted by Gasteiger charge is 2.75. The van der Waals surface area contributed by atoms with Crippen molar-refractivity contribution in [2.45, 2.75) is 130 Å². The number of ether oxygens (including phenoxy) is 1. The van der Waals surface area contributed by atoms with Gasteiger partial charge in [-0.15, -0.1) is 0 Å². The maximum Gasteiger partial charge on any atom is 0.316 e. The summed E-state index contributed by atoms with van der Waals surface area (Å²) in [6, 6.07) is 0. The van der Waals surface area contributed by atoms with Gasteiger partial charge >= 0.3 is 5.97 Å². The highest BCUT2D eigenvalue weighted by Crippen LogP contribution is 2.76. The minimum atomic E-state index is -1.23. The zero-order valence-electron chi connectivity index (χ0n) is 22.8. The van der Waals surface area contributed by atoms with Gasteiger partial charge in [0, 0.05) is 0 Å². The van der Waals surface area contributed by atoms with E-state index in [1.165, 1.54) is 0 Å². The first-order valence-electron chi connectivity index (χ1n) is 14.1. The lowest BCUT2D eigenvalue weighted by Gasteiger charge is -2.73. The number of carbonyl (C=O) groups is 1. The molecular weight excluding hydrogens is 440 g/mol. The van der Waals surface area contributed by atoms with Gasteiger partial charge in [-0.3, -0.25) is 4.79 Å². The summed E-state index contributed by atoms with van der Waals surface area (Å²) in [4.78, 5) is 13.4. The largest absolute Gasteiger partial charge is 0.455 e. The number of aliphatic hydroxyl groups is 3. The van der Waals surface area contributed by atoms with Gasteiger partial charge in [-0.2, -0.15) is 0 Å². The highest BCUT2D eigenvalue weighted by atomic mass is 16.6. The molecule has 10 unspecified atom stereocenters. The number of fused-ring (bicyclic) bond motifs is 7. The van der Waals surface area contributed by atoms with Crippen LogP contribution in [0, 0.1) is 38.9 Å². The van der Waals surface area contributed by atoms with Crippen LogP contribution in [0.5, 0.6) is 0 Å². The molecule has 196 valence electrons. The second-order valence-electron chi connectivity index (χ2n) is 15.1. The Bertz CT molecular complexity index is 1030. The number of hydrogen-bond donors (Lipinski definition) is 3. The maximum atomic E-state index is 13.4. The van der Waals surface area contributed by atoms with E-state index < -0.39 is 22.7 Å². The highest BCUT2D eigenvalue weighted by molar-refractivity contribution is 5.86. The fraction of sp³-hybridized carbons (Fsp3) is 0.900. The van der Waals surface area contributed by atoms with E-state index in [0.29, 0.717) is 18.8 Å². The van der Waals surface area contributed by atoms with E-state index in [1.807, 2.05) is 13.8 Å². The van der Waals surface area contributed by atoms with Crippen molar-refractivity contribution in [1.29, 1.82) is 0 Å². The monoisotopic (exact) mass is 486 g/mol. The Morgan fingerprint density at radius 1 is 0.857 bits per heavy atom. The third kappa shape index (κ3) is 2.46. The Hall–Kier alpha value is -0.910. The lowest BCUT2D eigenvalue weighted by Crippen LogP contribution is -2.72. The zero-order chi connectivity index (χ0) is 25.6. The molecule has 0 amide bonds. The number of carbonyl (C=O) groups excluding carboxylic acids is 1. The quantitative estimate of drug-likeness (QED) is 0.334. The van der Waals surface area contributed by atoms with Gasteiger partial charge in [0.15, 0.2) is 0 Å². The van der Waals surface area contributed by atoms with Crippen molar-refractivity contribution >= 4 is 5.97 Å². The number of esters is 1. The van der Waals surface area contributed by atoms with Gasteiger partial charge < -0.3 is 20.1 Å². The van der Waals surface area contributed by atoms with Crippen LogP contribution in [0.1, 0.15) is 106 Å². The van der Waals surface area contributed by atoms with E-state index in [9.17, 15) is 20.1 Å². The van der Waals surface area contributed by atoms with Crippen molar-refractivity contribution in [2.24, 2.45) is 38.9 Å². The molecule has 10 atom stereocenters. The Labute approximate surface area is 210 Å². The molecule has 2 aliphatic heterocycles. The molecule has 6 fully saturated rings. The van der Waals surface area contributed by atoms with Crippen molar-refractivity contribution in [2.75, 3.05) is 0 Å². The van der Waals surface area contributed by atoms with Gasteiger partial charge in [-0.05, 0) is 111 Å². The summed E-state index contributed by atoms with van der Waals surface area (Å²) in [7, 11) is 0. The summed E-state index contributed by atoms with van der Waals surface area (Å²) in [6.07, 6.45) is 6.48. The molecule has 7 aliphatic rings. The van der Waals surface area contributed by atoms with E-state index in [1.54, 1.807) is 0 Å². The summed E-state index contributed by atoms with van der Waals surface area (Å²) >= 11 is 0. The van der Waals surface area contributed by atoms with Crippen LogP contribution in [0.3, 0.4) is 0 Å². The van der Waals surface area contributed by atoms with Gasteiger partial charge in [0.2, 0.25) is 0 Å². The third-order valence-electron chi connectivity index (χ3n) is 13.7. The molecule has 0 aromatic rings. The van der Waals surface area contributed by atoms with E-state index in [4.69, 9.17) is 4.74 Å². The van der Waals surface area contributed by atoms with Crippen molar-refractivity contribution in [3.05, 3.63) is 11.1 Å². The lowest BCUT2D eigenvalue weighted by atomic mass is 9.33. The predicted octanol–water partition coefficient (Wildman–Crippen LogP) is 4.91. The molecule has 3 N–H and O–H groups in total. The molecular formula is C30H46O5. The van der Waals surface area contributed by atoms with Crippen LogP contribution in [0.4, 0.5) is 0 Å². The molecule has 0 radical (unpaired) electrons. The summed E-state index contributed by atoms with van der Waals surface area (Å²) in [5.74, 6) is 0.321. The average Bonchev–Trinajstić information content (AvgIpc) is 2.74. The molecule has 5 nitrogen and oxygen atoms in total. The van der Waals surface area contributed by atoms with Crippen LogP contribution in [0.15, 0.2) is 11.1 Å². The zero-order valence-corrected chi connectivity index (χ0v) is 22.8. The number of hydrogen-bond acceptors (Lipinski definition) is 5. The molecule has 2 saturated heterocycles. The molecule has 35 heavy (non-hydrogen) atoms. The minimum absolute atomic E-state index is 0.0531. The molecule has 1 spiro atoms. The SMILES string of the molecule is CC1(C)C(O)CCC2(C)C1CCC1(C)C2C(O)CC2=C3C4(CCC(C)(OC4=O)C3(C)O)CCC21C. The standard InChI is InChI=1S/C30H46O5/c1-24(2)19-8-11-27(5)22(25(19,3)10-9-20(24)32)18(31)16-17-21-29(7,34)28(6)13-15-30(21,23(33)35-28)14-12-26(17,27)4/h18-20,22,31-32,34H,8-16H2,1-7H3. The minimum Gasteiger partial charge on any atom is -0.455 e. The van der Waals surface area contributed by atoms with Gasteiger partial charge in [0.25, 0.3) is 0 Å². The van der Waals surface area contributed by atoms with Crippen LogP contribution in [-0.2, 0) is 9.53 Å². The molecule has 5 aliphatic carbocycles. The summed E-state index contributed by atoms with van der Waals surface area (Å²) in [5.41, 5.74) is -1.39. The number of aliphatic hydroxyl groups excluding tert-OH is 2. The first-order valence-corrected chi connectivity index (χ1v) is 14.1. The van der Waals surface area contributed by atoms with Crippen molar-refractivity contribution in [3.63, 3.8) is 0 Å². The maximum absolute atomic E-state index is 13.4. The second kappa shape index (κ2) is 6.56. The van der Waals surface area contributed by atoms with Gasteiger partial charge in [-0.1, -0.05) is 40.2 Å². The molecule has 4 saturated carbocycles. The Kier molecular flexibility index (Phi) is 4.58. The Morgan fingerprint density at radius 2 is 1.51 bits per heavy atom. The third-order valence-corrected chi connectivity index (χ3v) is 13.7. The second-order valence-corrected chi connectivity index (χ2v) is 15.1. The van der Waals surface area contributed by atoms with E-state index in [0.717, 1.165) is 56.1 Å². The topological polar surface area (TPSA) is 87.0 Å². The first-order chi connectivity index (χ1) is 16.0. The van der Waals surface area contributed by atoms with Crippen molar-refractivity contribution < 1.29 is 24.9 Å². The van der Waals surface area contributed by atoms with Crippen LogP contribution in [0.2, 0.25) is 0 Å². The van der Waals surface area contributed by atoms with Gasteiger partial charge in [-0.25, -0.2) is 0 Å². The Morgan fingerprint density at radius 3 is 2.17 bits per heavy atom.